The summed E-state index contributed by atoms with van der Waals surface area (Å²) in [5.74, 6) is -4.45. The number of aromatic nitrogens is 2. The van der Waals surface area contributed by atoms with Crippen LogP contribution in [0.5, 0.6) is 5.75 Å². The monoisotopic (exact) mass is 962 g/mol. The van der Waals surface area contributed by atoms with Crippen LogP contribution in [-0.4, -0.2) is 88.5 Å². The van der Waals surface area contributed by atoms with Crippen molar-refractivity contribution in [2.75, 3.05) is 19.9 Å². The summed E-state index contributed by atoms with van der Waals surface area (Å²) in [6, 6.07) is 4.88. The van der Waals surface area contributed by atoms with Gasteiger partial charge in [0.1, 0.15) is 23.4 Å². The van der Waals surface area contributed by atoms with E-state index >= 15 is 0 Å². The number of esters is 2. The molecule has 0 unspecified atom stereocenters. The molecule has 3 aromatic rings. The minimum Gasteiger partial charge on any atom is -0.462 e. The summed E-state index contributed by atoms with van der Waals surface area (Å²) >= 11 is 12.3. The third-order valence-corrected chi connectivity index (χ3v) is 9.35. The Morgan fingerprint density at radius 3 is 1.97 bits per heavy atom. The van der Waals surface area contributed by atoms with E-state index in [0.29, 0.717) is 4.68 Å². The standard InChI is InChI=1S/C39H34Cl2F10N4O9/c1-33(2,3)64-29(57)9-8-28(56)60-18-34(4,5)19-61-32(59)62-20-54(35(17-52)10-11-35)31(58)24-12-21(6-7-25(24)40)22-15-53-55(16-22)30-26(41)13-23(14-27(30)63-39(49,50)51)36(42,37(43,44)45)38(46,47)48/h6-9,12-16H,10-11,18-20H2,1-5H3/b9-8+. The number of carbonyl (C=O) groups excluding carboxylic acids is 4. The Kier molecular flexibility index (Phi) is 14.6. The van der Waals surface area contributed by atoms with Crippen LogP contribution in [0.3, 0.4) is 0 Å². The molecule has 25 heteroatoms. The van der Waals surface area contributed by atoms with Gasteiger partial charge in [-0.05, 0) is 63.4 Å². The SMILES string of the molecule is CC(C)(COC(=O)/C=C/C(=O)OC(C)(C)C)COC(=O)OCN(C(=O)c1cc(-c2cnn(-c3c(Cl)cc(C(F)(C(F)(F)F)C(F)(F)F)cc3OC(F)(F)F)c2)ccc1Cl)C1(C#N)CC1. The molecule has 1 aromatic heterocycles. The molecular formula is C39H34Cl2F10N4O9. The highest BCUT2D eigenvalue weighted by molar-refractivity contribution is 6.34. The molecule has 4 rings (SSSR count). The second kappa shape index (κ2) is 18.4. The van der Waals surface area contributed by atoms with Gasteiger partial charge in [0.25, 0.3) is 5.91 Å². The summed E-state index contributed by atoms with van der Waals surface area (Å²) in [6.45, 7) is 6.47. The van der Waals surface area contributed by atoms with E-state index in [1.807, 2.05) is 6.07 Å². The molecule has 1 aliphatic carbocycles. The molecule has 13 nitrogen and oxygen atoms in total. The Balaban J connectivity index is 1.54. The van der Waals surface area contributed by atoms with E-state index in [0.717, 1.165) is 35.5 Å². The lowest BCUT2D eigenvalue weighted by Crippen LogP contribution is -2.50. The lowest BCUT2D eigenvalue weighted by molar-refractivity contribution is -0.348. The molecule has 0 bridgehead atoms. The Bertz CT molecular complexity index is 2330. The van der Waals surface area contributed by atoms with Gasteiger partial charge in [-0.25, -0.2) is 23.5 Å². The van der Waals surface area contributed by atoms with Crippen LogP contribution in [0.15, 0.2) is 54.9 Å². The zero-order chi connectivity index (χ0) is 48.4. The van der Waals surface area contributed by atoms with Crippen LogP contribution in [0.4, 0.5) is 48.7 Å². The number of hydrogen-bond donors (Lipinski definition) is 0. The van der Waals surface area contributed by atoms with E-state index in [9.17, 15) is 68.3 Å². The number of nitriles is 1. The van der Waals surface area contributed by atoms with Crippen molar-refractivity contribution in [1.29, 1.82) is 5.26 Å². The second-order valence-electron chi connectivity index (χ2n) is 15.7. The highest BCUT2D eigenvalue weighted by Gasteiger charge is 2.73. The predicted molar refractivity (Wildman–Crippen MR) is 201 cm³/mol. The van der Waals surface area contributed by atoms with Crippen molar-refractivity contribution in [1.82, 2.24) is 14.7 Å². The first-order valence-electron chi connectivity index (χ1n) is 18.1. The topological polar surface area (TPSA) is 159 Å². The Morgan fingerprint density at radius 2 is 1.42 bits per heavy atom. The smallest absolute Gasteiger partial charge is 0.462 e. The number of ether oxygens (including phenoxy) is 5. The summed E-state index contributed by atoms with van der Waals surface area (Å²) in [7, 11) is 0. The molecule has 0 saturated heterocycles. The molecule has 2 aromatic carbocycles. The molecule has 1 saturated carbocycles. The molecule has 1 aliphatic rings. The highest BCUT2D eigenvalue weighted by Crippen LogP contribution is 2.55. The predicted octanol–water partition coefficient (Wildman–Crippen LogP) is 10.1. The number of nitrogens with zero attached hydrogens (tertiary/aromatic N) is 4. The fourth-order valence-corrected chi connectivity index (χ4v) is 5.97. The number of amides is 1. The lowest BCUT2D eigenvalue weighted by Gasteiger charge is -2.31. The van der Waals surface area contributed by atoms with Crippen LogP contribution in [-0.2, 0) is 34.2 Å². The Labute approximate surface area is 366 Å². The average Bonchev–Trinajstić information content (AvgIpc) is 3.80. The molecular weight excluding hydrogens is 929 g/mol. The summed E-state index contributed by atoms with van der Waals surface area (Å²) in [4.78, 5) is 51.4. The summed E-state index contributed by atoms with van der Waals surface area (Å²) < 4.78 is 161. The minimum atomic E-state index is -6.71. The van der Waals surface area contributed by atoms with Crippen molar-refractivity contribution in [3.05, 3.63) is 76.0 Å². The average molecular weight is 964 g/mol. The van der Waals surface area contributed by atoms with E-state index in [1.54, 1.807) is 34.6 Å². The van der Waals surface area contributed by atoms with Crippen LogP contribution in [0.25, 0.3) is 16.8 Å². The van der Waals surface area contributed by atoms with Gasteiger partial charge in [-0.3, -0.25) is 9.69 Å². The number of benzene rings is 2. The normalized spacial score (nSPS) is 14.4. The van der Waals surface area contributed by atoms with E-state index in [2.05, 4.69) is 9.84 Å². The third-order valence-electron chi connectivity index (χ3n) is 8.73. The van der Waals surface area contributed by atoms with E-state index < -0.39 is 99.8 Å². The molecule has 64 heavy (non-hydrogen) atoms. The second-order valence-corrected chi connectivity index (χ2v) is 16.5. The molecule has 0 atom stereocenters. The van der Waals surface area contributed by atoms with Crippen molar-refractivity contribution in [2.45, 2.75) is 83.0 Å². The van der Waals surface area contributed by atoms with Gasteiger partial charge < -0.3 is 23.7 Å². The van der Waals surface area contributed by atoms with Gasteiger partial charge in [-0.1, -0.05) is 43.1 Å². The zero-order valence-corrected chi connectivity index (χ0v) is 35.2. The first-order valence-corrected chi connectivity index (χ1v) is 18.9. The van der Waals surface area contributed by atoms with Gasteiger partial charge in [-0.15, -0.1) is 13.2 Å². The van der Waals surface area contributed by atoms with Crippen LogP contribution in [0.2, 0.25) is 10.0 Å². The molecule has 0 spiro atoms. The molecule has 0 aliphatic heterocycles. The molecule has 1 amide bonds. The van der Waals surface area contributed by atoms with Crippen LogP contribution in [0, 0.1) is 16.7 Å². The van der Waals surface area contributed by atoms with Crippen LogP contribution < -0.4 is 4.74 Å². The Hall–Kier alpha value is -5.76. The van der Waals surface area contributed by atoms with E-state index in [4.69, 9.17) is 42.1 Å². The largest absolute Gasteiger partial charge is 0.573 e. The van der Waals surface area contributed by atoms with Crippen LogP contribution >= 0.6 is 23.2 Å². The molecule has 0 radical (unpaired) electrons. The van der Waals surface area contributed by atoms with Crippen molar-refractivity contribution in [3.8, 4) is 28.6 Å². The number of rotatable bonds is 14. The van der Waals surface area contributed by atoms with Crippen molar-refractivity contribution >= 4 is 47.2 Å². The van der Waals surface area contributed by atoms with Crippen molar-refractivity contribution in [2.24, 2.45) is 5.41 Å². The maximum absolute atomic E-state index is 14.9. The maximum atomic E-state index is 14.9. The van der Waals surface area contributed by atoms with E-state index in [1.165, 1.54) is 12.1 Å². The Morgan fingerprint density at radius 1 is 0.828 bits per heavy atom. The third kappa shape index (κ3) is 12.3. The van der Waals surface area contributed by atoms with Gasteiger partial charge in [0, 0.05) is 34.9 Å². The van der Waals surface area contributed by atoms with Gasteiger partial charge in [0.2, 0.25) is 0 Å². The lowest BCUT2D eigenvalue weighted by atomic mass is 9.93. The zero-order valence-electron chi connectivity index (χ0n) is 33.7. The molecule has 1 fully saturated rings. The fraction of sp³-hybridized carbons (Fsp3) is 0.436. The van der Waals surface area contributed by atoms with Gasteiger partial charge in [0.05, 0.1) is 34.5 Å². The highest BCUT2D eigenvalue weighted by atomic mass is 35.5. The summed E-state index contributed by atoms with van der Waals surface area (Å²) in [5, 5.41) is 12.2. The van der Waals surface area contributed by atoms with Crippen LogP contribution in [0.1, 0.15) is 63.4 Å². The first-order chi connectivity index (χ1) is 29.2. The van der Waals surface area contributed by atoms with Crippen molar-refractivity contribution in [3.63, 3.8) is 0 Å². The summed E-state index contributed by atoms with van der Waals surface area (Å²) in [5.41, 5.74) is -13.3. The van der Waals surface area contributed by atoms with Gasteiger partial charge in [-0.2, -0.15) is 36.7 Å². The fourth-order valence-electron chi connectivity index (χ4n) is 5.47. The number of carbonyl (C=O) groups is 4. The quantitative estimate of drug-likeness (QED) is 0.0498. The van der Waals surface area contributed by atoms with Gasteiger partial charge >= 0.3 is 42.5 Å². The maximum Gasteiger partial charge on any atom is 0.573 e. The number of hydrogen-bond acceptors (Lipinski definition) is 11. The molecule has 348 valence electrons. The minimum absolute atomic E-state index is 0.0206. The van der Waals surface area contributed by atoms with Gasteiger partial charge in [0.15, 0.2) is 12.5 Å². The van der Waals surface area contributed by atoms with E-state index in [-0.39, 0.29) is 53.8 Å². The molecule has 1 heterocycles. The van der Waals surface area contributed by atoms with Crippen molar-refractivity contribution < 1.29 is 86.8 Å². The first kappa shape index (κ1) is 50.9. The molecule has 0 N–H and O–H groups in total. The number of halogens is 12. The number of alkyl halides is 10. The summed E-state index contributed by atoms with van der Waals surface area (Å²) in [6.07, 6.45) is -16.7.